The van der Waals surface area contributed by atoms with Gasteiger partial charge in [0, 0.05) is 27.9 Å². The molecule has 0 saturated heterocycles. The summed E-state index contributed by atoms with van der Waals surface area (Å²) in [6.45, 7) is 0. The van der Waals surface area contributed by atoms with E-state index in [1.54, 1.807) is 60.7 Å². The van der Waals surface area contributed by atoms with Crippen molar-refractivity contribution in [1.29, 1.82) is 0 Å². The summed E-state index contributed by atoms with van der Waals surface area (Å²) in [5.41, 5.74) is 1.70. The third-order valence-corrected chi connectivity index (χ3v) is 6.85. The molecule has 7 nitrogen and oxygen atoms in total. The van der Waals surface area contributed by atoms with Crippen LogP contribution in [-0.2, 0) is 9.59 Å². The van der Waals surface area contributed by atoms with Gasteiger partial charge < -0.3 is 20.4 Å². The number of furan rings is 1. The molecule has 1 heterocycles. The monoisotopic (exact) mass is 547 g/mol. The van der Waals surface area contributed by atoms with Gasteiger partial charge in [-0.2, -0.15) is 0 Å². The highest BCUT2D eigenvalue weighted by Crippen LogP contribution is 2.23. The number of amides is 3. The molecule has 3 N–H and O–H groups in total. The van der Waals surface area contributed by atoms with E-state index in [-0.39, 0.29) is 17.4 Å². The predicted octanol–water partition coefficient (Wildman–Crippen LogP) is 6.57. The number of carbonyl (C=O) groups is 3. The topological polar surface area (TPSA) is 100 Å². The molecule has 40 heavy (non-hydrogen) atoms. The number of rotatable bonds is 9. The van der Waals surface area contributed by atoms with Crippen LogP contribution >= 0.6 is 11.8 Å². The average molecular weight is 548 g/mol. The lowest BCUT2D eigenvalue weighted by Crippen LogP contribution is -2.30. The van der Waals surface area contributed by atoms with Gasteiger partial charge >= 0.3 is 0 Å². The van der Waals surface area contributed by atoms with E-state index >= 15 is 0 Å². The second kappa shape index (κ2) is 12.6. The van der Waals surface area contributed by atoms with Crippen molar-refractivity contribution in [3.8, 4) is 0 Å². The first kappa shape index (κ1) is 26.5. The first-order valence-corrected chi connectivity index (χ1v) is 13.5. The summed E-state index contributed by atoms with van der Waals surface area (Å²) in [4.78, 5) is 39.3. The molecule has 4 aromatic carbocycles. The smallest absolute Gasteiger partial charge is 0.272 e. The lowest BCUT2D eigenvalue weighted by molar-refractivity contribution is -0.114. The summed E-state index contributed by atoms with van der Waals surface area (Å²) in [6, 6.07) is 32.9. The molecule has 5 aromatic rings. The third-order valence-electron chi connectivity index (χ3n) is 5.85. The lowest BCUT2D eigenvalue weighted by Gasteiger charge is -2.12. The minimum atomic E-state index is -0.517. The standard InChI is InChI=1S/C32H25N3O4S/c36-30(33-26-16-15-22-8-4-5-11-24(22)18-26)21-40-28-14-6-12-25(19-28)34-32(38)29(20-27-13-7-17-39-27)35-31(37)23-9-2-1-3-10-23/h1-20H,21H2,(H,33,36)(H,34,38)(H,35,37)/b29-20-. The fourth-order valence-corrected chi connectivity index (χ4v) is 4.69. The van der Waals surface area contributed by atoms with Crippen LogP contribution in [0.4, 0.5) is 11.4 Å². The molecule has 0 aliphatic heterocycles. The van der Waals surface area contributed by atoms with Crippen LogP contribution in [0.2, 0.25) is 0 Å². The highest BCUT2D eigenvalue weighted by molar-refractivity contribution is 8.00. The summed E-state index contributed by atoms with van der Waals surface area (Å²) in [5.74, 6) is -0.463. The summed E-state index contributed by atoms with van der Waals surface area (Å²) in [5, 5.41) is 10.6. The minimum absolute atomic E-state index is 0.0246. The van der Waals surface area contributed by atoms with Crippen LogP contribution in [0.25, 0.3) is 16.8 Å². The van der Waals surface area contributed by atoms with Gasteiger partial charge in [0.05, 0.1) is 12.0 Å². The summed E-state index contributed by atoms with van der Waals surface area (Å²) < 4.78 is 5.34. The second-order valence-corrected chi connectivity index (χ2v) is 9.82. The fraction of sp³-hybridized carbons (Fsp3) is 0.0312. The third kappa shape index (κ3) is 7.06. The molecule has 0 unspecified atom stereocenters. The van der Waals surface area contributed by atoms with Gasteiger partial charge in [0.15, 0.2) is 0 Å². The van der Waals surface area contributed by atoms with Crippen LogP contribution in [-0.4, -0.2) is 23.5 Å². The molecule has 5 rings (SSSR count). The van der Waals surface area contributed by atoms with Crippen LogP contribution in [0.5, 0.6) is 0 Å². The molecule has 0 radical (unpaired) electrons. The number of benzene rings is 4. The van der Waals surface area contributed by atoms with Crippen LogP contribution in [0.3, 0.4) is 0 Å². The number of thioether (sulfide) groups is 1. The summed E-state index contributed by atoms with van der Waals surface area (Å²) in [6.07, 6.45) is 2.95. The van der Waals surface area contributed by atoms with E-state index in [9.17, 15) is 14.4 Å². The zero-order valence-electron chi connectivity index (χ0n) is 21.3. The quantitative estimate of drug-likeness (QED) is 0.143. The fourth-order valence-electron chi connectivity index (χ4n) is 3.93. The number of nitrogens with one attached hydrogen (secondary N) is 3. The predicted molar refractivity (Wildman–Crippen MR) is 159 cm³/mol. The molecule has 0 spiro atoms. The van der Waals surface area contributed by atoms with Crippen molar-refractivity contribution in [1.82, 2.24) is 5.32 Å². The van der Waals surface area contributed by atoms with Crippen molar-refractivity contribution >= 4 is 57.7 Å². The minimum Gasteiger partial charge on any atom is -0.465 e. The number of fused-ring (bicyclic) bond motifs is 1. The van der Waals surface area contributed by atoms with Gasteiger partial charge in [0.25, 0.3) is 11.8 Å². The first-order valence-electron chi connectivity index (χ1n) is 12.5. The maximum absolute atomic E-state index is 13.2. The number of hydrogen-bond donors (Lipinski definition) is 3. The van der Waals surface area contributed by atoms with Crippen LogP contribution in [0, 0.1) is 0 Å². The number of anilines is 2. The molecule has 198 valence electrons. The molecule has 0 aliphatic carbocycles. The molecule has 0 atom stereocenters. The molecular weight excluding hydrogens is 522 g/mol. The Morgan fingerprint density at radius 2 is 1.50 bits per heavy atom. The Balaban J connectivity index is 1.22. The lowest BCUT2D eigenvalue weighted by atomic mass is 10.1. The van der Waals surface area contributed by atoms with Gasteiger partial charge in [-0.05, 0) is 65.4 Å². The molecular formula is C32H25N3O4S. The van der Waals surface area contributed by atoms with Crippen molar-refractivity contribution in [2.75, 3.05) is 16.4 Å². The summed E-state index contributed by atoms with van der Waals surface area (Å²) in [7, 11) is 0. The SMILES string of the molecule is O=C(CSc1cccc(NC(=O)/C(=C/c2ccco2)NC(=O)c2ccccc2)c1)Nc1ccc2ccccc2c1. The van der Waals surface area contributed by atoms with Gasteiger partial charge in [-0.15, -0.1) is 11.8 Å². The van der Waals surface area contributed by atoms with Crippen LogP contribution < -0.4 is 16.0 Å². The Morgan fingerprint density at radius 3 is 2.30 bits per heavy atom. The van der Waals surface area contributed by atoms with E-state index in [0.717, 1.165) is 21.4 Å². The van der Waals surface area contributed by atoms with Crippen molar-refractivity contribution in [2.45, 2.75) is 4.90 Å². The molecule has 0 aliphatic rings. The molecule has 1 aromatic heterocycles. The Kier molecular flexibility index (Phi) is 8.38. The normalized spacial score (nSPS) is 11.2. The Morgan fingerprint density at radius 1 is 0.725 bits per heavy atom. The maximum Gasteiger partial charge on any atom is 0.272 e. The van der Waals surface area contributed by atoms with Gasteiger partial charge in [-0.3, -0.25) is 14.4 Å². The zero-order chi connectivity index (χ0) is 27.7. The molecule has 0 saturated carbocycles. The Hall–Kier alpha value is -5.08. The van der Waals surface area contributed by atoms with E-state index in [0.29, 0.717) is 17.0 Å². The molecule has 0 bridgehead atoms. The maximum atomic E-state index is 13.2. The van der Waals surface area contributed by atoms with Crippen LogP contribution in [0.15, 0.2) is 130 Å². The van der Waals surface area contributed by atoms with E-state index < -0.39 is 11.8 Å². The number of hydrogen-bond acceptors (Lipinski definition) is 5. The van der Waals surface area contributed by atoms with Crippen LogP contribution in [0.1, 0.15) is 16.1 Å². The molecule has 8 heteroatoms. The van der Waals surface area contributed by atoms with E-state index in [1.165, 1.54) is 24.1 Å². The van der Waals surface area contributed by atoms with Gasteiger partial charge in [0.1, 0.15) is 11.5 Å². The Bertz CT molecular complexity index is 1680. The highest BCUT2D eigenvalue weighted by Gasteiger charge is 2.16. The number of carbonyl (C=O) groups excluding carboxylic acids is 3. The van der Waals surface area contributed by atoms with Crippen molar-refractivity contribution < 1.29 is 18.8 Å². The van der Waals surface area contributed by atoms with Crippen molar-refractivity contribution in [3.63, 3.8) is 0 Å². The molecule has 0 fully saturated rings. The zero-order valence-corrected chi connectivity index (χ0v) is 22.1. The van der Waals surface area contributed by atoms with E-state index in [2.05, 4.69) is 16.0 Å². The highest BCUT2D eigenvalue weighted by atomic mass is 32.2. The molecule has 3 amide bonds. The Labute approximate surface area is 235 Å². The average Bonchev–Trinajstić information content (AvgIpc) is 3.49. The van der Waals surface area contributed by atoms with Crippen molar-refractivity contribution in [3.05, 3.63) is 132 Å². The van der Waals surface area contributed by atoms with Gasteiger partial charge in [-0.1, -0.05) is 54.6 Å². The largest absolute Gasteiger partial charge is 0.465 e. The first-order chi connectivity index (χ1) is 19.5. The van der Waals surface area contributed by atoms with Crippen molar-refractivity contribution in [2.24, 2.45) is 0 Å². The second-order valence-electron chi connectivity index (χ2n) is 8.77. The van der Waals surface area contributed by atoms with Gasteiger partial charge in [-0.25, -0.2) is 0 Å². The van der Waals surface area contributed by atoms with Gasteiger partial charge in [0.2, 0.25) is 5.91 Å². The van der Waals surface area contributed by atoms with E-state index in [1.807, 2.05) is 48.5 Å². The van der Waals surface area contributed by atoms with E-state index in [4.69, 9.17) is 4.42 Å². The summed E-state index contributed by atoms with van der Waals surface area (Å²) >= 11 is 1.35.